The summed E-state index contributed by atoms with van der Waals surface area (Å²) < 4.78 is 18.5. The molecule has 1 unspecified atom stereocenters. The third-order valence-corrected chi connectivity index (χ3v) is 3.17. The van der Waals surface area contributed by atoms with Gasteiger partial charge in [0.1, 0.15) is 0 Å². The van der Waals surface area contributed by atoms with Crippen LogP contribution >= 0.6 is 0 Å². The molecule has 0 heterocycles. The Hall–Kier alpha value is -1.66. The van der Waals surface area contributed by atoms with Crippen molar-refractivity contribution >= 4 is 5.97 Å². The molecule has 112 valence electrons. The molecule has 1 rings (SSSR count). The number of carbonyl (C=O) groups is 1. The predicted octanol–water partition coefficient (Wildman–Crippen LogP) is 1.14. The van der Waals surface area contributed by atoms with E-state index in [0.29, 0.717) is 18.5 Å². The summed E-state index contributed by atoms with van der Waals surface area (Å²) >= 11 is 0. The molecule has 1 aromatic rings. The molecule has 0 amide bonds. The number of carboxylic acid groups (broad SMARTS) is 1. The molecule has 0 radical (unpaired) electrons. The summed E-state index contributed by atoms with van der Waals surface area (Å²) in [5, 5.41) is 17.9. The van der Waals surface area contributed by atoms with E-state index in [-0.39, 0.29) is 24.8 Å². The third-order valence-electron chi connectivity index (χ3n) is 3.17. The largest absolute Gasteiger partial charge is 0.494 e. The van der Waals surface area contributed by atoms with Crippen LogP contribution in [-0.4, -0.2) is 54.4 Å². The van der Waals surface area contributed by atoms with Crippen LogP contribution in [0, 0.1) is 5.82 Å². The van der Waals surface area contributed by atoms with E-state index in [2.05, 4.69) is 0 Å². The van der Waals surface area contributed by atoms with Crippen LogP contribution in [0.1, 0.15) is 12.0 Å². The molecule has 0 aliphatic heterocycles. The summed E-state index contributed by atoms with van der Waals surface area (Å²) in [6.45, 7) is 0.320. The van der Waals surface area contributed by atoms with E-state index in [1.807, 2.05) is 0 Å². The first kappa shape index (κ1) is 16.4. The molecule has 0 saturated heterocycles. The van der Waals surface area contributed by atoms with Crippen molar-refractivity contribution in [3.05, 3.63) is 29.6 Å². The highest BCUT2D eigenvalue weighted by molar-refractivity contribution is 5.67. The van der Waals surface area contributed by atoms with Gasteiger partial charge in [0, 0.05) is 12.6 Å². The number of ether oxygens (including phenoxy) is 1. The zero-order valence-electron chi connectivity index (χ0n) is 11.7. The van der Waals surface area contributed by atoms with Crippen molar-refractivity contribution in [3.63, 3.8) is 0 Å². The Morgan fingerprint density at radius 3 is 2.70 bits per heavy atom. The highest BCUT2D eigenvalue weighted by atomic mass is 19.1. The van der Waals surface area contributed by atoms with Gasteiger partial charge >= 0.3 is 5.97 Å². The number of rotatable bonds is 8. The van der Waals surface area contributed by atoms with Gasteiger partial charge in [0.15, 0.2) is 11.6 Å². The van der Waals surface area contributed by atoms with Crippen LogP contribution < -0.4 is 4.74 Å². The number of halogens is 1. The fourth-order valence-corrected chi connectivity index (χ4v) is 2.03. The van der Waals surface area contributed by atoms with E-state index >= 15 is 0 Å². The molecule has 0 spiro atoms. The Morgan fingerprint density at radius 1 is 1.50 bits per heavy atom. The smallest absolute Gasteiger partial charge is 0.304 e. The molecular formula is C14H20FNO4. The van der Waals surface area contributed by atoms with Gasteiger partial charge in [-0.2, -0.15) is 0 Å². The first-order chi connectivity index (χ1) is 9.47. The molecule has 0 aliphatic carbocycles. The van der Waals surface area contributed by atoms with Crippen molar-refractivity contribution in [1.29, 1.82) is 0 Å². The summed E-state index contributed by atoms with van der Waals surface area (Å²) in [5.41, 5.74) is 0.694. The summed E-state index contributed by atoms with van der Waals surface area (Å²) in [4.78, 5) is 12.7. The number of nitrogens with zero attached hydrogens (tertiary/aromatic N) is 1. The topological polar surface area (TPSA) is 70.0 Å². The van der Waals surface area contributed by atoms with Gasteiger partial charge in [0.25, 0.3) is 0 Å². The fraction of sp³-hybridized carbons (Fsp3) is 0.500. The quantitative estimate of drug-likeness (QED) is 0.749. The Kier molecular flexibility index (Phi) is 6.41. The Labute approximate surface area is 117 Å². The minimum absolute atomic E-state index is 0.0520. The van der Waals surface area contributed by atoms with E-state index in [1.54, 1.807) is 18.0 Å². The Morgan fingerprint density at radius 2 is 2.20 bits per heavy atom. The number of carboxylic acids is 1. The zero-order valence-corrected chi connectivity index (χ0v) is 11.7. The number of benzene rings is 1. The molecule has 6 heteroatoms. The molecular weight excluding hydrogens is 265 g/mol. The van der Waals surface area contributed by atoms with Crippen LogP contribution in [0.2, 0.25) is 0 Å². The standard InChI is InChI=1S/C14H20FNO4/c1-16(5-6-17)11(9-14(18)19)7-10-3-4-13(20-2)12(15)8-10/h3-4,8,11,17H,5-7,9H2,1-2H3,(H,18,19). The highest BCUT2D eigenvalue weighted by Crippen LogP contribution is 2.20. The number of methoxy groups -OCH3 is 1. The van der Waals surface area contributed by atoms with Gasteiger partial charge in [-0.3, -0.25) is 4.79 Å². The van der Waals surface area contributed by atoms with E-state index < -0.39 is 11.8 Å². The van der Waals surface area contributed by atoms with Crippen molar-refractivity contribution in [2.24, 2.45) is 0 Å². The number of hydrogen-bond acceptors (Lipinski definition) is 4. The van der Waals surface area contributed by atoms with Crippen LogP contribution in [-0.2, 0) is 11.2 Å². The molecule has 1 aromatic carbocycles. The number of hydrogen-bond donors (Lipinski definition) is 2. The van der Waals surface area contributed by atoms with Gasteiger partial charge in [0.2, 0.25) is 0 Å². The van der Waals surface area contributed by atoms with Gasteiger partial charge in [-0.25, -0.2) is 4.39 Å². The minimum Gasteiger partial charge on any atom is -0.494 e. The number of likely N-dealkylation sites (N-methyl/N-ethyl adjacent to an activating group) is 1. The second-order valence-electron chi connectivity index (χ2n) is 4.63. The van der Waals surface area contributed by atoms with Gasteiger partial charge in [0.05, 0.1) is 20.1 Å². The van der Waals surface area contributed by atoms with Gasteiger partial charge in [-0.1, -0.05) is 6.07 Å². The van der Waals surface area contributed by atoms with Crippen LogP contribution in [0.25, 0.3) is 0 Å². The first-order valence-electron chi connectivity index (χ1n) is 6.33. The molecule has 0 fully saturated rings. The maximum Gasteiger partial charge on any atom is 0.304 e. The molecule has 0 saturated carbocycles. The van der Waals surface area contributed by atoms with Gasteiger partial charge in [-0.05, 0) is 31.2 Å². The zero-order chi connectivity index (χ0) is 15.1. The van der Waals surface area contributed by atoms with Crippen LogP contribution in [0.3, 0.4) is 0 Å². The molecule has 2 N–H and O–H groups in total. The maximum absolute atomic E-state index is 13.6. The van der Waals surface area contributed by atoms with Gasteiger partial charge < -0.3 is 19.8 Å². The lowest BCUT2D eigenvalue weighted by Crippen LogP contribution is -2.37. The predicted molar refractivity (Wildman–Crippen MR) is 72.4 cm³/mol. The molecule has 20 heavy (non-hydrogen) atoms. The SMILES string of the molecule is COc1ccc(CC(CC(=O)O)N(C)CCO)cc1F. The number of aliphatic carboxylic acids is 1. The highest BCUT2D eigenvalue weighted by Gasteiger charge is 2.19. The fourth-order valence-electron chi connectivity index (χ4n) is 2.03. The van der Waals surface area contributed by atoms with Gasteiger partial charge in [-0.15, -0.1) is 0 Å². The first-order valence-corrected chi connectivity index (χ1v) is 6.33. The molecule has 5 nitrogen and oxygen atoms in total. The number of aliphatic hydroxyl groups excluding tert-OH is 1. The molecule has 0 bridgehead atoms. The number of aliphatic hydroxyl groups is 1. The summed E-state index contributed by atoms with van der Waals surface area (Å²) in [5.74, 6) is -1.23. The minimum atomic E-state index is -0.922. The Balaban J connectivity index is 2.83. The van der Waals surface area contributed by atoms with Crippen LogP contribution in [0.4, 0.5) is 4.39 Å². The monoisotopic (exact) mass is 285 g/mol. The van der Waals surface area contributed by atoms with E-state index in [0.717, 1.165) is 0 Å². The normalized spacial score (nSPS) is 12.4. The lowest BCUT2D eigenvalue weighted by atomic mass is 10.0. The lowest BCUT2D eigenvalue weighted by Gasteiger charge is -2.26. The molecule has 0 aliphatic rings. The van der Waals surface area contributed by atoms with Crippen molar-refractivity contribution < 1.29 is 24.1 Å². The van der Waals surface area contributed by atoms with Crippen molar-refractivity contribution in [2.45, 2.75) is 18.9 Å². The van der Waals surface area contributed by atoms with E-state index in [4.69, 9.17) is 14.9 Å². The van der Waals surface area contributed by atoms with E-state index in [1.165, 1.54) is 19.2 Å². The van der Waals surface area contributed by atoms with Crippen molar-refractivity contribution in [1.82, 2.24) is 4.90 Å². The molecule has 1 atom stereocenters. The Bertz CT molecular complexity index is 453. The second-order valence-corrected chi connectivity index (χ2v) is 4.63. The summed E-state index contributed by atoms with van der Waals surface area (Å²) in [7, 11) is 3.13. The van der Waals surface area contributed by atoms with Crippen LogP contribution in [0.15, 0.2) is 18.2 Å². The average Bonchev–Trinajstić information content (AvgIpc) is 2.38. The van der Waals surface area contributed by atoms with Crippen molar-refractivity contribution in [2.75, 3.05) is 27.3 Å². The summed E-state index contributed by atoms with van der Waals surface area (Å²) in [6, 6.07) is 4.28. The van der Waals surface area contributed by atoms with Crippen molar-refractivity contribution in [3.8, 4) is 5.75 Å². The van der Waals surface area contributed by atoms with Crippen LogP contribution in [0.5, 0.6) is 5.75 Å². The lowest BCUT2D eigenvalue weighted by molar-refractivity contribution is -0.138. The maximum atomic E-state index is 13.6. The molecule has 0 aromatic heterocycles. The third kappa shape index (κ3) is 4.79. The summed E-state index contributed by atoms with van der Waals surface area (Å²) in [6.07, 6.45) is 0.327. The second kappa shape index (κ2) is 7.81. The average molecular weight is 285 g/mol. The van der Waals surface area contributed by atoms with E-state index in [9.17, 15) is 9.18 Å².